The third-order valence-electron chi connectivity index (χ3n) is 2.11. The zero-order valence-electron chi connectivity index (χ0n) is 8.17. The van der Waals surface area contributed by atoms with E-state index in [4.69, 9.17) is 5.11 Å². The molecule has 76 valence electrons. The van der Waals surface area contributed by atoms with E-state index in [2.05, 4.69) is 20.9 Å². The van der Waals surface area contributed by atoms with E-state index in [1.165, 1.54) is 0 Å². The molecular weight excluding hydrogens is 246 g/mol. The molecule has 1 aromatic rings. The summed E-state index contributed by atoms with van der Waals surface area (Å²) >= 11 is 3.31. The zero-order chi connectivity index (χ0) is 10.7. The summed E-state index contributed by atoms with van der Waals surface area (Å²) in [5.74, 6) is -0.896. The van der Waals surface area contributed by atoms with Crippen LogP contribution in [0.4, 0.5) is 0 Å². The van der Waals surface area contributed by atoms with Crippen molar-refractivity contribution < 1.29 is 9.90 Å². The van der Waals surface area contributed by atoms with Crippen molar-refractivity contribution in [2.75, 3.05) is 0 Å². The number of halogens is 1. The summed E-state index contributed by atoms with van der Waals surface area (Å²) in [7, 11) is 0. The Kier molecular flexibility index (Phi) is 3.63. The first-order chi connectivity index (χ1) is 6.61. The van der Waals surface area contributed by atoms with Crippen molar-refractivity contribution in [1.29, 1.82) is 0 Å². The fraction of sp³-hybridized carbons (Fsp3) is 0.400. The monoisotopic (exact) mass is 257 g/mol. The van der Waals surface area contributed by atoms with Crippen molar-refractivity contribution in [3.8, 4) is 0 Å². The van der Waals surface area contributed by atoms with Gasteiger partial charge in [0.1, 0.15) is 0 Å². The molecule has 1 heterocycles. The van der Waals surface area contributed by atoms with Crippen molar-refractivity contribution in [2.45, 2.75) is 26.7 Å². The normalized spacial score (nSPS) is 10.2. The second-order valence-electron chi connectivity index (χ2n) is 2.92. The smallest absolute Gasteiger partial charge is 0.337 e. The van der Waals surface area contributed by atoms with Crippen LogP contribution in [0, 0.1) is 0 Å². The lowest BCUT2D eigenvalue weighted by Gasteiger charge is -2.09. The van der Waals surface area contributed by atoms with Gasteiger partial charge in [-0.2, -0.15) is 0 Å². The van der Waals surface area contributed by atoms with Gasteiger partial charge in [-0.3, -0.25) is 4.98 Å². The lowest BCUT2D eigenvalue weighted by Crippen LogP contribution is -2.09. The number of hydrogen-bond donors (Lipinski definition) is 1. The molecule has 0 fully saturated rings. The van der Waals surface area contributed by atoms with Gasteiger partial charge in [0.15, 0.2) is 0 Å². The quantitative estimate of drug-likeness (QED) is 0.906. The number of carboxylic acid groups (broad SMARTS) is 1. The Labute approximate surface area is 91.3 Å². The predicted octanol–water partition coefficient (Wildman–Crippen LogP) is 2.67. The molecule has 0 aliphatic heterocycles. The second kappa shape index (κ2) is 4.55. The molecule has 0 saturated carbocycles. The van der Waals surface area contributed by atoms with E-state index in [-0.39, 0.29) is 0 Å². The fourth-order valence-electron chi connectivity index (χ4n) is 1.44. The summed E-state index contributed by atoms with van der Waals surface area (Å²) in [4.78, 5) is 15.2. The summed E-state index contributed by atoms with van der Waals surface area (Å²) in [6, 6.07) is 0. The van der Waals surface area contributed by atoms with E-state index >= 15 is 0 Å². The Bertz CT molecular complexity index is 363. The summed E-state index contributed by atoms with van der Waals surface area (Å²) in [5.41, 5.74) is 1.83. The van der Waals surface area contributed by atoms with E-state index in [9.17, 15) is 4.79 Å². The number of aryl methyl sites for hydroxylation is 1. The lowest BCUT2D eigenvalue weighted by molar-refractivity contribution is 0.0694. The van der Waals surface area contributed by atoms with Gasteiger partial charge in [0.05, 0.1) is 11.3 Å². The molecule has 0 spiro atoms. The number of pyridine rings is 1. The molecule has 0 aliphatic rings. The van der Waals surface area contributed by atoms with Gasteiger partial charge in [0.25, 0.3) is 0 Å². The topological polar surface area (TPSA) is 50.2 Å². The Morgan fingerprint density at radius 1 is 1.50 bits per heavy atom. The van der Waals surface area contributed by atoms with Crippen LogP contribution in [-0.4, -0.2) is 16.1 Å². The van der Waals surface area contributed by atoms with Gasteiger partial charge in [-0.25, -0.2) is 4.79 Å². The van der Waals surface area contributed by atoms with Crippen LogP contribution in [0.5, 0.6) is 0 Å². The van der Waals surface area contributed by atoms with Crippen LogP contribution in [0.25, 0.3) is 0 Å². The first-order valence-electron chi connectivity index (χ1n) is 4.51. The molecule has 0 radical (unpaired) electrons. The van der Waals surface area contributed by atoms with Crippen LogP contribution in [0.1, 0.15) is 35.5 Å². The van der Waals surface area contributed by atoms with Crippen molar-refractivity contribution in [1.82, 2.24) is 4.98 Å². The standard InChI is InChI=1S/C10H12BrNO2/c1-3-6-7(11)5-12-8(4-2)9(6)10(13)14/h5H,3-4H2,1-2H3,(H,13,14). The average Bonchev–Trinajstić information content (AvgIpc) is 2.17. The Morgan fingerprint density at radius 2 is 2.14 bits per heavy atom. The number of carboxylic acids is 1. The van der Waals surface area contributed by atoms with Gasteiger partial charge < -0.3 is 5.11 Å². The molecule has 3 nitrogen and oxygen atoms in total. The summed E-state index contributed by atoms with van der Waals surface area (Å²) < 4.78 is 0.773. The predicted molar refractivity (Wildman–Crippen MR) is 57.7 cm³/mol. The maximum atomic E-state index is 11.1. The number of carbonyl (C=O) groups is 1. The van der Waals surface area contributed by atoms with Gasteiger partial charge in [-0.1, -0.05) is 13.8 Å². The van der Waals surface area contributed by atoms with Crippen molar-refractivity contribution in [3.05, 3.63) is 27.5 Å². The summed E-state index contributed by atoms with van der Waals surface area (Å²) in [6.07, 6.45) is 3.00. The number of aromatic nitrogens is 1. The molecular formula is C10H12BrNO2. The van der Waals surface area contributed by atoms with Gasteiger partial charge >= 0.3 is 5.97 Å². The molecule has 0 unspecified atom stereocenters. The van der Waals surface area contributed by atoms with Crippen LogP contribution >= 0.6 is 15.9 Å². The molecule has 0 aliphatic carbocycles. The molecule has 1 N–H and O–H groups in total. The highest BCUT2D eigenvalue weighted by Gasteiger charge is 2.16. The minimum absolute atomic E-state index is 0.351. The van der Waals surface area contributed by atoms with Gasteiger partial charge in [0, 0.05) is 10.7 Å². The zero-order valence-corrected chi connectivity index (χ0v) is 9.76. The first-order valence-corrected chi connectivity index (χ1v) is 5.30. The van der Waals surface area contributed by atoms with Crippen molar-refractivity contribution in [2.24, 2.45) is 0 Å². The maximum Gasteiger partial charge on any atom is 0.337 e. The van der Waals surface area contributed by atoms with E-state index in [0.29, 0.717) is 24.1 Å². The Morgan fingerprint density at radius 3 is 2.57 bits per heavy atom. The SMILES string of the molecule is CCc1ncc(Br)c(CC)c1C(=O)O. The molecule has 4 heteroatoms. The molecule has 0 saturated heterocycles. The molecule has 0 amide bonds. The fourth-order valence-corrected chi connectivity index (χ4v) is 2.02. The van der Waals surface area contributed by atoms with Crippen molar-refractivity contribution >= 4 is 21.9 Å². The first kappa shape index (κ1) is 11.2. The molecule has 0 bridgehead atoms. The van der Waals surface area contributed by atoms with Crippen LogP contribution in [0.2, 0.25) is 0 Å². The van der Waals surface area contributed by atoms with Crippen LogP contribution in [-0.2, 0) is 12.8 Å². The second-order valence-corrected chi connectivity index (χ2v) is 3.77. The third-order valence-corrected chi connectivity index (χ3v) is 2.80. The highest BCUT2D eigenvalue weighted by atomic mass is 79.9. The Hall–Kier alpha value is -0.900. The van der Waals surface area contributed by atoms with E-state index < -0.39 is 5.97 Å². The average molecular weight is 258 g/mol. The number of hydrogen-bond acceptors (Lipinski definition) is 2. The number of aromatic carboxylic acids is 1. The van der Waals surface area contributed by atoms with E-state index in [0.717, 1.165) is 10.0 Å². The molecule has 1 aromatic heterocycles. The van der Waals surface area contributed by atoms with Crippen LogP contribution < -0.4 is 0 Å². The van der Waals surface area contributed by atoms with Crippen LogP contribution in [0.3, 0.4) is 0 Å². The molecule has 0 aromatic carbocycles. The minimum atomic E-state index is -0.896. The van der Waals surface area contributed by atoms with E-state index in [1.54, 1.807) is 6.20 Å². The molecule has 1 rings (SSSR count). The lowest BCUT2D eigenvalue weighted by atomic mass is 10.0. The van der Waals surface area contributed by atoms with Crippen molar-refractivity contribution in [3.63, 3.8) is 0 Å². The minimum Gasteiger partial charge on any atom is -0.478 e. The summed E-state index contributed by atoms with van der Waals surface area (Å²) in [5, 5.41) is 9.07. The highest BCUT2D eigenvalue weighted by molar-refractivity contribution is 9.10. The van der Waals surface area contributed by atoms with E-state index in [1.807, 2.05) is 13.8 Å². The largest absolute Gasteiger partial charge is 0.478 e. The van der Waals surface area contributed by atoms with Gasteiger partial charge in [0.2, 0.25) is 0 Å². The molecule has 0 atom stereocenters. The number of nitrogens with zero attached hydrogens (tertiary/aromatic N) is 1. The molecule has 14 heavy (non-hydrogen) atoms. The van der Waals surface area contributed by atoms with Gasteiger partial charge in [-0.05, 0) is 34.3 Å². The van der Waals surface area contributed by atoms with Crippen LogP contribution in [0.15, 0.2) is 10.7 Å². The third kappa shape index (κ3) is 1.95. The Balaban J connectivity index is 3.43. The summed E-state index contributed by atoms with van der Waals surface area (Å²) in [6.45, 7) is 3.84. The maximum absolute atomic E-state index is 11.1. The number of rotatable bonds is 3. The van der Waals surface area contributed by atoms with Gasteiger partial charge in [-0.15, -0.1) is 0 Å². The highest BCUT2D eigenvalue weighted by Crippen LogP contribution is 2.23.